The van der Waals surface area contributed by atoms with Crippen LogP contribution >= 0.6 is 0 Å². The zero-order valence-electron chi connectivity index (χ0n) is 11.8. The molecular formula is C13H12FN5O2S. The van der Waals surface area contributed by atoms with Gasteiger partial charge in [0.05, 0.1) is 11.9 Å². The molecule has 0 fully saturated rings. The number of halogens is 1. The van der Waals surface area contributed by atoms with Gasteiger partial charge in [0.2, 0.25) is 0 Å². The second kappa shape index (κ2) is 5.02. The number of anilines is 1. The van der Waals surface area contributed by atoms with Gasteiger partial charge in [-0.05, 0) is 25.1 Å². The molecule has 0 saturated heterocycles. The van der Waals surface area contributed by atoms with Crippen LogP contribution in [0.1, 0.15) is 5.69 Å². The van der Waals surface area contributed by atoms with Gasteiger partial charge in [0, 0.05) is 18.6 Å². The molecule has 0 atom stereocenters. The van der Waals surface area contributed by atoms with Crippen molar-refractivity contribution >= 4 is 26.9 Å². The van der Waals surface area contributed by atoms with E-state index in [4.69, 9.17) is 0 Å². The van der Waals surface area contributed by atoms with Gasteiger partial charge in [0.15, 0.2) is 5.65 Å². The summed E-state index contributed by atoms with van der Waals surface area (Å²) in [4.78, 5) is 7.78. The molecule has 3 rings (SSSR count). The van der Waals surface area contributed by atoms with E-state index in [0.29, 0.717) is 16.7 Å². The smallest absolute Gasteiger partial charge is 0.263 e. The third-order valence-corrected chi connectivity index (χ3v) is 4.44. The number of hydrogen-bond donors (Lipinski definition) is 1. The number of pyridine rings is 2. The first-order valence-corrected chi connectivity index (χ1v) is 7.79. The van der Waals surface area contributed by atoms with Gasteiger partial charge >= 0.3 is 0 Å². The fourth-order valence-corrected chi connectivity index (χ4v) is 3.05. The molecule has 0 amide bonds. The van der Waals surface area contributed by atoms with E-state index in [1.165, 1.54) is 18.3 Å². The van der Waals surface area contributed by atoms with E-state index in [-0.39, 0.29) is 10.7 Å². The average Bonchev–Trinajstić information content (AvgIpc) is 2.76. The Morgan fingerprint density at radius 3 is 2.68 bits per heavy atom. The summed E-state index contributed by atoms with van der Waals surface area (Å²) in [7, 11) is -2.13. The van der Waals surface area contributed by atoms with Gasteiger partial charge in [-0.25, -0.2) is 22.8 Å². The van der Waals surface area contributed by atoms with Crippen molar-refractivity contribution in [1.82, 2.24) is 19.7 Å². The number of aromatic nitrogens is 4. The van der Waals surface area contributed by atoms with E-state index in [0.717, 1.165) is 12.3 Å². The summed E-state index contributed by atoms with van der Waals surface area (Å²) in [6, 6.07) is 3.86. The molecule has 22 heavy (non-hydrogen) atoms. The van der Waals surface area contributed by atoms with E-state index in [2.05, 4.69) is 19.8 Å². The Balaban J connectivity index is 2.01. The highest BCUT2D eigenvalue weighted by molar-refractivity contribution is 7.92. The Hall–Kier alpha value is -2.55. The SMILES string of the molecule is Cc1nn(C)c2ncc(S(=O)(=O)Nc3ccc(F)cn3)cc12. The Morgan fingerprint density at radius 2 is 2.00 bits per heavy atom. The normalized spacial score (nSPS) is 11.8. The van der Waals surface area contributed by atoms with Crippen LogP contribution in [0.25, 0.3) is 11.0 Å². The van der Waals surface area contributed by atoms with E-state index >= 15 is 0 Å². The molecule has 0 aromatic carbocycles. The van der Waals surface area contributed by atoms with Crippen molar-refractivity contribution in [2.24, 2.45) is 7.05 Å². The number of fused-ring (bicyclic) bond motifs is 1. The molecule has 0 radical (unpaired) electrons. The molecule has 114 valence electrons. The lowest BCUT2D eigenvalue weighted by Crippen LogP contribution is -2.14. The molecule has 0 spiro atoms. The van der Waals surface area contributed by atoms with Crippen LogP contribution in [0.5, 0.6) is 0 Å². The lowest BCUT2D eigenvalue weighted by molar-refractivity contribution is 0.600. The van der Waals surface area contributed by atoms with Crippen molar-refractivity contribution in [3.8, 4) is 0 Å². The van der Waals surface area contributed by atoms with Crippen molar-refractivity contribution in [3.05, 3.63) is 42.1 Å². The van der Waals surface area contributed by atoms with Gasteiger partial charge in [-0.1, -0.05) is 0 Å². The monoisotopic (exact) mass is 321 g/mol. The molecule has 0 unspecified atom stereocenters. The van der Waals surface area contributed by atoms with E-state index in [1.807, 2.05) is 0 Å². The van der Waals surface area contributed by atoms with Crippen LogP contribution in [0.15, 0.2) is 35.5 Å². The van der Waals surface area contributed by atoms with Crippen LogP contribution in [-0.4, -0.2) is 28.2 Å². The maximum atomic E-state index is 12.8. The first-order chi connectivity index (χ1) is 10.4. The second-order valence-corrected chi connectivity index (χ2v) is 6.40. The quantitative estimate of drug-likeness (QED) is 0.791. The van der Waals surface area contributed by atoms with Crippen molar-refractivity contribution in [3.63, 3.8) is 0 Å². The van der Waals surface area contributed by atoms with E-state index in [1.54, 1.807) is 18.7 Å². The molecule has 0 aliphatic carbocycles. The summed E-state index contributed by atoms with van der Waals surface area (Å²) in [5, 5.41) is 4.84. The molecule has 3 aromatic heterocycles. The second-order valence-electron chi connectivity index (χ2n) is 4.72. The molecule has 0 aliphatic rings. The molecular weight excluding hydrogens is 309 g/mol. The minimum atomic E-state index is -3.86. The first kappa shape index (κ1) is 14.4. The van der Waals surface area contributed by atoms with Crippen molar-refractivity contribution in [2.75, 3.05) is 4.72 Å². The number of aryl methyl sites for hydroxylation is 2. The van der Waals surface area contributed by atoms with Gasteiger partial charge in [0.1, 0.15) is 16.5 Å². The lowest BCUT2D eigenvalue weighted by Gasteiger charge is -2.07. The van der Waals surface area contributed by atoms with Gasteiger partial charge < -0.3 is 0 Å². The molecule has 0 saturated carbocycles. The Morgan fingerprint density at radius 1 is 1.23 bits per heavy atom. The molecule has 9 heteroatoms. The molecule has 3 aromatic rings. The molecule has 7 nitrogen and oxygen atoms in total. The number of nitrogens with zero attached hydrogens (tertiary/aromatic N) is 4. The summed E-state index contributed by atoms with van der Waals surface area (Å²) in [5.41, 5.74) is 1.28. The fraction of sp³-hybridized carbons (Fsp3) is 0.154. The molecule has 0 aliphatic heterocycles. The third kappa shape index (κ3) is 2.50. The Kier molecular flexibility index (Phi) is 3.28. The number of sulfonamides is 1. The minimum Gasteiger partial charge on any atom is -0.263 e. The summed E-state index contributed by atoms with van der Waals surface area (Å²) < 4.78 is 41.3. The Bertz CT molecular complexity index is 950. The summed E-state index contributed by atoms with van der Waals surface area (Å²) >= 11 is 0. The topological polar surface area (TPSA) is 89.8 Å². The van der Waals surface area contributed by atoms with Crippen LogP contribution < -0.4 is 4.72 Å². The van der Waals surface area contributed by atoms with E-state index in [9.17, 15) is 12.8 Å². The summed E-state index contributed by atoms with van der Waals surface area (Å²) in [6.45, 7) is 1.77. The van der Waals surface area contributed by atoms with Crippen molar-refractivity contribution in [2.45, 2.75) is 11.8 Å². The maximum Gasteiger partial charge on any atom is 0.264 e. The van der Waals surface area contributed by atoms with Crippen molar-refractivity contribution < 1.29 is 12.8 Å². The molecule has 3 heterocycles. The molecule has 1 N–H and O–H groups in total. The summed E-state index contributed by atoms with van der Waals surface area (Å²) in [5.74, 6) is -0.513. The van der Waals surface area contributed by atoms with E-state index < -0.39 is 15.8 Å². The highest BCUT2D eigenvalue weighted by atomic mass is 32.2. The van der Waals surface area contributed by atoms with Crippen LogP contribution in [0.3, 0.4) is 0 Å². The predicted octanol–water partition coefficient (Wildman–Crippen LogP) is 1.61. The van der Waals surface area contributed by atoms with Crippen LogP contribution in [0.2, 0.25) is 0 Å². The number of rotatable bonds is 3. The highest BCUT2D eigenvalue weighted by Gasteiger charge is 2.18. The fourth-order valence-electron chi connectivity index (χ4n) is 2.07. The molecule has 0 bridgehead atoms. The largest absolute Gasteiger partial charge is 0.264 e. The van der Waals surface area contributed by atoms with Gasteiger partial charge in [-0.3, -0.25) is 9.40 Å². The number of hydrogen-bond acceptors (Lipinski definition) is 5. The first-order valence-electron chi connectivity index (χ1n) is 6.30. The summed E-state index contributed by atoms with van der Waals surface area (Å²) in [6.07, 6.45) is 2.18. The van der Waals surface area contributed by atoms with Gasteiger partial charge in [-0.15, -0.1) is 0 Å². The Labute approximate surface area is 125 Å². The standard InChI is InChI=1S/C13H12FN5O2S/c1-8-11-5-10(7-16-13(11)19(2)17-8)22(20,21)18-12-4-3-9(14)6-15-12/h3-7H,1-2H3,(H,15,18). The van der Waals surface area contributed by atoms with Crippen molar-refractivity contribution in [1.29, 1.82) is 0 Å². The number of nitrogens with one attached hydrogen (secondary N) is 1. The average molecular weight is 321 g/mol. The van der Waals surface area contributed by atoms with Gasteiger partial charge in [0.25, 0.3) is 10.0 Å². The van der Waals surface area contributed by atoms with Crippen LogP contribution in [-0.2, 0) is 17.1 Å². The van der Waals surface area contributed by atoms with Crippen LogP contribution in [0.4, 0.5) is 10.2 Å². The zero-order chi connectivity index (χ0) is 15.9. The lowest BCUT2D eigenvalue weighted by atomic mass is 10.3. The predicted molar refractivity (Wildman–Crippen MR) is 78.2 cm³/mol. The van der Waals surface area contributed by atoms with Gasteiger partial charge in [-0.2, -0.15) is 5.10 Å². The van der Waals surface area contributed by atoms with Crippen LogP contribution in [0, 0.1) is 12.7 Å². The minimum absolute atomic E-state index is 0.0118. The zero-order valence-corrected chi connectivity index (χ0v) is 12.6. The maximum absolute atomic E-state index is 12.8. The highest BCUT2D eigenvalue weighted by Crippen LogP contribution is 2.20. The third-order valence-electron chi connectivity index (χ3n) is 3.11.